The van der Waals surface area contributed by atoms with Crippen LogP contribution in [0.15, 0.2) is 17.8 Å². The minimum absolute atomic E-state index is 0.240. The van der Waals surface area contributed by atoms with Crippen LogP contribution in [0.1, 0.15) is 42.6 Å². The third kappa shape index (κ3) is 3.43. The smallest absolute Gasteiger partial charge is 0.110 e. The van der Waals surface area contributed by atoms with Crippen molar-refractivity contribution in [2.75, 3.05) is 6.54 Å². The van der Waals surface area contributed by atoms with E-state index in [4.69, 9.17) is 11.6 Å². The number of hydrogen-bond donors (Lipinski definition) is 1. The quantitative estimate of drug-likeness (QED) is 0.830. The molecule has 0 bridgehead atoms. The van der Waals surface area contributed by atoms with Crippen molar-refractivity contribution in [3.8, 4) is 0 Å². The number of thiophene rings is 1. The first-order valence-electron chi connectivity index (χ1n) is 7.14. The number of halogens is 1. The van der Waals surface area contributed by atoms with Crippen LogP contribution in [0.3, 0.4) is 0 Å². The Kier molecular flexibility index (Phi) is 5.64. The lowest BCUT2D eigenvalue weighted by molar-refractivity contribution is 0.522. The monoisotopic (exact) mass is 311 g/mol. The number of aromatic nitrogens is 2. The van der Waals surface area contributed by atoms with Gasteiger partial charge in [0.1, 0.15) is 5.82 Å². The number of likely N-dealkylation sites (N-methyl/N-ethyl adjacent to an activating group) is 1. The van der Waals surface area contributed by atoms with Crippen molar-refractivity contribution in [2.24, 2.45) is 0 Å². The van der Waals surface area contributed by atoms with E-state index < -0.39 is 0 Å². The Labute approximate surface area is 130 Å². The first-order chi connectivity index (χ1) is 9.67. The van der Waals surface area contributed by atoms with Crippen LogP contribution in [0.5, 0.6) is 0 Å². The Morgan fingerprint density at radius 2 is 2.25 bits per heavy atom. The molecule has 1 unspecified atom stereocenters. The average Bonchev–Trinajstić information content (AvgIpc) is 2.99. The summed E-state index contributed by atoms with van der Waals surface area (Å²) >= 11 is 8.16. The molecule has 0 aromatic carbocycles. The molecule has 0 aliphatic rings. The van der Waals surface area contributed by atoms with Crippen molar-refractivity contribution < 1.29 is 0 Å². The fourth-order valence-electron chi connectivity index (χ4n) is 2.35. The first kappa shape index (κ1) is 15.5. The molecule has 2 heterocycles. The minimum atomic E-state index is 0.240. The van der Waals surface area contributed by atoms with E-state index in [1.54, 1.807) is 11.3 Å². The lowest BCUT2D eigenvalue weighted by atomic mass is 10.1. The number of hydrogen-bond acceptors (Lipinski definition) is 3. The summed E-state index contributed by atoms with van der Waals surface area (Å²) in [6.45, 7) is 8.31. The molecule has 110 valence electrons. The van der Waals surface area contributed by atoms with E-state index in [1.807, 2.05) is 6.20 Å². The summed E-state index contributed by atoms with van der Waals surface area (Å²) in [5.41, 5.74) is 1.16. The van der Waals surface area contributed by atoms with Crippen molar-refractivity contribution >= 4 is 22.9 Å². The minimum Gasteiger partial charge on any atom is -0.335 e. The molecule has 5 heteroatoms. The Balaban J connectivity index is 2.21. The zero-order valence-electron chi connectivity index (χ0n) is 12.3. The molecule has 0 saturated heterocycles. The van der Waals surface area contributed by atoms with Crippen LogP contribution in [0.4, 0.5) is 0 Å². The first-order valence-corrected chi connectivity index (χ1v) is 8.40. The number of aryl methyl sites for hydroxylation is 2. The Morgan fingerprint density at radius 3 is 2.85 bits per heavy atom. The summed E-state index contributed by atoms with van der Waals surface area (Å²) in [5, 5.41) is 6.56. The summed E-state index contributed by atoms with van der Waals surface area (Å²) in [6, 6.07) is 0.240. The van der Waals surface area contributed by atoms with Crippen molar-refractivity contribution in [3.63, 3.8) is 0 Å². The van der Waals surface area contributed by atoms with E-state index in [1.165, 1.54) is 4.88 Å². The molecule has 20 heavy (non-hydrogen) atoms. The largest absolute Gasteiger partial charge is 0.335 e. The number of imidazole rings is 1. The molecular formula is C15H22ClN3S. The van der Waals surface area contributed by atoms with E-state index in [9.17, 15) is 0 Å². The highest BCUT2D eigenvalue weighted by Gasteiger charge is 2.19. The molecule has 0 aliphatic heterocycles. The van der Waals surface area contributed by atoms with Gasteiger partial charge in [-0.15, -0.1) is 11.3 Å². The number of rotatable bonds is 7. The molecule has 3 nitrogen and oxygen atoms in total. The van der Waals surface area contributed by atoms with Crippen LogP contribution in [0.2, 0.25) is 5.02 Å². The fraction of sp³-hybridized carbons (Fsp3) is 0.533. The van der Waals surface area contributed by atoms with E-state index in [0.29, 0.717) is 0 Å². The van der Waals surface area contributed by atoms with E-state index >= 15 is 0 Å². The molecule has 0 fully saturated rings. The molecule has 0 saturated carbocycles. The van der Waals surface area contributed by atoms with Crippen LogP contribution in [0.25, 0.3) is 0 Å². The highest BCUT2D eigenvalue weighted by Crippen LogP contribution is 2.33. The summed E-state index contributed by atoms with van der Waals surface area (Å²) in [7, 11) is 0. The molecule has 0 aliphatic carbocycles. The average molecular weight is 312 g/mol. The van der Waals surface area contributed by atoms with Crippen LogP contribution in [0, 0.1) is 6.92 Å². The maximum absolute atomic E-state index is 6.42. The molecule has 2 rings (SSSR count). The van der Waals surface area contributed by atoms with E-state index in [-0.39, 0.29) is 6.04 Å². The number of nitrogens with zero attached hydrogens (tertiary/aromatic N) is 2. The van der Waals surface area contributed by atoms with Crippen LogP contribution in [-0.2, 0) is 13.0 Å². The van der Waals surface area contributed by atoms with Gasteiger partial charge in [-0.25, -0.2) is 4.98 Å². The third-order valence-electron chi connectivity index (χ3n) is 3.35. The maximum Gasteiger partial charge on any atom is 0.110 e. The van der Waals surface area contributed by atoms with Crippen LogP contribution >= 0.6 is 22.9 Å². The van der Waals surface area contributed by atoms with Gasteiger partial charge in [-0.3, -0.25) is 0 Å². The van der Waals surface area contributed by atoms with Crippen LogP contribution < -0.4 is 5.32 Å². The topological polar surface area (TPSA) is 29.9 Å². The van der Waals surface area contributed by atoms with Gasteiger partial charge in [-0.2, -0.15) is 0 Å². The van der Waals surface area contributed by atoms with Gasteiger partial charge in [0.15, 0.2) is 0 Å². The molecule has 2 aromatic rings. The van der Waals surface area contributed by atoms with Gasteiger partial charge in [0, 0.05) is 30.2 Å². The maximum atomic E-state index is 6.42. The molecule has 0 amide bonds. The standard InChI is InChI=1S/C15H22ClN3S/c1-4-7-19-8-6-18-13(19)9-12(17-5-2)15-14(16)11(3)10-20-15/h6,8,10,12,17H,4-5,7,9H2,1-3H3. The summed E-state index contributed by atoms with van der Waals surface area (Å²) < 4.78 is 2.23. The summed E-state index contributed by atoms with van der Waals surface area (Å²) in [5.74, 6) is 1.12. The molecule has 0 spiro atoms. The molecule has 0 radical (unpaired) electrons. The number of nitrogens with one attached hydrogen (secondary N) is 1. The Bertz CT molecular complexity index is 547. The lowest BCUT2D eigenvalue weighted by Crippen LogP contribution is -2.24. The Morgan fingerprint density at radius 1 is 1.45 bits per heavy atom. The molecule has 2 aromatic heterocycles. The molecular weight excluding hydrogens is 290 g/mol. The van der Waals surface area contributed by atoms with Crippen molar-refractivity contribution in [2.45, 2.75) is 46.2 Å². The second kappa shape index (κ2) is 7.25. The van der Waals surface area contributed by atoms with Gasteiger partial charge in [-0.05, 0) is 30.8 Å². The van der Waals surface area contributed by atoms with Gasteiger partial charge in [0.05, 0.1) is 11.1 Å². The third-order valence-corrected chi connectivity index (χ3v) is 5.17. The van der Waals surface area contributed by atoms with Crippen molar-refractivity contribution in [1.82, 2.24) is 14.9 Å². The summed E-state index contributed by atoms with van der Waals surface area (Å²) in [4.78, 5) is 5.72. The fourth-order valence-corrected chi connectivity index (χ4v) is 3.75. The highest BCUT2D eigenvalue weighted by atomic mass is 35.5. The van der Waals surface area contributed by atoms with Gasteiger partial charge in [0.25, 0.3) is 0 Å². The van der Waals surface area contributed by atoms with Gasteiger partial charge in [-0.1, -0.05) is 25.4 Å². The van der Waals surface area contributed by atoms with E-state index in [2.05, 4.69) is 47.2 Å². The molecule has 1 atom stereocenters. The van der Waals surface area contributed by atoms with Crippen molar-refractivity contribution in [3.05, 3.63) is 39.1 Å². The second-order valence-electron chi connectivity index (χ2n) is 4.95. The highest BCUT2D eigenvalue weighted by molar-refractivity contribution is 7.10. The predicted octanol–water partition coefficient (Wildman–Crippen LogP) is 4.21. The van der Waals surface area contributed by atoms with Gasteiger partial charge < -0.3 is 9.88 Å². The lowest BCUT2D eigenvalue weighted by Gasteiger charge is -2.18. The van der Waals surface area contributed by atoms with Gasteiger partial charge >= 0.3 is 0 Å². The predicted molar refractivity (Wildman–Crippen MR) is 86.7 cm³/mol. The van der Waals surface area contributed by atoms with Gasteiger partial charge in [0.2, 0.25) is 0 Å². The second-order valence-corrected chi connectivity index (χ2v) is 6.24. The molecule has 1 N–H and O–H groups in total. The van der Waals surface area contributed by atoms with Crippen molar-refractivity contribution in [1.29, 1.82) is 0 Å². The SMILES string of the molecule is CCCn1ccnc1CC(NCC)c1scc(C)c1Cl. The normalized spacial score (nSPS) is 12.8. The zero-order chi connectivity index (χ0) is 14.5. The Hall–Kier alpha value is -0.840. The zero-order valence-corrected chi connectivity index (χ0v) is 13.9. The summed E-state index contributed by atoms with van der Waals surface area (Å²) in [6.07, 6.45) is 5.94. The van der Waals surface area contributed by atoms with Crippen LogP contribution in [-0.4, -0.2) is 16.1 Å². The van der Waals surface area contributed by atoms with E-state index in [0.717, 1.165) is 42.3 Å².